The van der Waals surface area contributed by atoms with Gasteiger partial charge in [-0.05, 0) is 74.8 Å². The number of hydrogen-bond acceptors (Lipinski definition) is 3. The molecule has 0 radical (unpaired) electrons. The Hall–Kier alpha value is -2.72. The number of furan rings is 1. The maximum Gasteiger partial charge on any atom is 0.247 e. The SMILES string of the molecule is CCOc1cc2occ(-c3ccc(Cl)cc3)c2cc1/C(C)=C/C(=O)N1CCCC2CCCCC21. The number of rotatable bonds is 5. The first kappa shape index (κ1) is 23.0. The first-order valence-corrected chi connectivity index (χ1v) is 12.9. The average Bonchev–Trinajstić information content (AvgIpc) is 3.26. The van der Waals surface area contributed by atoms with Crippen molar-refractivity contribution < 1.29 is 13.9 Å². The van der Waals surface area contributed by atoms with E-state index < -0.39 is 0 Å². The Morgan fingerprint density at radius 2 is 1.91 bits per heavy atom. The number of halogens is 1. The standard InChI is InChI=1S/C29H32ClNO3/c1-3-33-27-17-28-24(25(18-34-28)20-10-12-22(30)13-11-20)16-23(27)19(2)15-29(32)31-14-6-8-21-7-4-5-9-26(21)31/h10-13,15-18,21,26H,3-9,14H2,1-2H3/b19-15+. The van der Waals surface area contributed by atoms with Crippen molar-refractivity contribution >= 4 is 34.1 Å². The van der Waals surface area contributed by atoms with Gasteiger partial charge in [-0.15, -0.1) is 0 Å². The number of carbonyl (C=O) groups is 1. The van der Waals surface area contributed by atoms with E-state index >= 15 is 0 Å². The van der Waals surface area contributed by atoms with Gasteiger partial charge in [-0.3, -0.25) is 4.79 Å². The van der Waals surface area contributed by atoms with E-state index in [0.29, 0.717) is 23.6 Å². The molecule has 5 heteroatoms. The lowest BCUT2D eigenvalue weighted by Crippen LogP contribution is -2.49. The topological polar surface area (TPSA) is 42.7 Å². The van der Waals surface area contributed by atoms with Crippen LogP contribution < -0.4 is 4.74 Å². The number of hydrogen-bond donors (Lipinski definition) is 0. The van der Waals surface area contributed by atoms with Crippen molar-refractivity contribution in [2.24, 2.45) is 5.92 Å². The fourth-order valence-electron chi connectivity index (χ4n) is 5.74. The Labute approximate surface area is 206 Å². The van der Waals surface area contributed by atoms with Crippen molar-refractivity contribution in [2.75, 3.05) is 13.2 Å². The maximum atomic E-state index is 13.4. The van der Waals surface area contributed by atoms with E-state index in [0.717, 1.165) is 58.4 Å². The lowest BCUT2D eigenvalue weighted by atomic mass is 9.78. The Morgan fingerprint density at radius 1 is 1.15 bits per heavy atom. The van der Waals surface area contributed by atoms with Crippen molar-refractivity contribution in [3.05, 3.63) is 59.3 Å². The molecule has 0 spiro atoms. The number of nitrogens with zero attached hydrogens (tertiary/aromatic N) is 1. The molecule has 0 bridgehead atoms. The molecule has 2 heterocycles. The minimum absolute atomic E-state index is 0.127. The molecular weight excluding hydrogens is 446 g/mol. The van der Waals surface area contributed by atoms with Gasteiger partial charge in [0, 0.05) is 46.3 Å². The molecule has 34 heavy (non-hydrogen) atoms. The number of allylic oxidation sites excluding steroid dienone is 1. The number of likely N-dealkylation sites (tertiary alicyclic amines) is 1. The van der Waals surface area contributed by atoms with Crippen LogP contribution in [0.25, 0.3) is 27.7 Å². The van der Waals surface area contributed by atoms with Crippen LogP contribution in [0.3, 0.4) is 0 Å². The Kier molecular flexibility index (Phi) is 6.69. The average molecular weight is 478 g/mol. The van der Waals surface area contributed by atoms with Crippen molar-refractivity contribution in [3.63, 3.8) is 0 Å². The molecule has 1 aromatic heterocycles. The first-order valence-electron chi connectivity index (χ1n) is 12.5. The van der Waals surface area contributed by atoms with Gasteiger partial charge in [0.05, 0.1) is 12.9 Å². The summed E-state index contributed by atoms with van der Waals surface area (Å²) in [6, 6.07) is 12.2. The van der Waals surface area contributed by atoms with Crippen LogP contribution >= 0.6 is 11.6 Å². The number of amides is 1. The molecule has 2 atom stereocenters. The second-order valence-electron chi connectivity index (χ2n) is 9.55. The van der Waals surface area contributed by atoms with Gasteiger partial charge in [0.2, 0.25) is 5.91 Å². The highest BCUT2D eigenvalue weighted by Gasteiger charge is 2.35. The van der Waals surface area contributed by atoms with Crippen LogP contribution in [0, 0.1) is 5.92 Å². The van der Waals surface area contributed by atoms with E-state index in [1.165, 1.54) is 25.7 Å². The van der Waals surface area contributed by atoms with Crippen molar-refractivity contribution in [2.45, 2.75) is 58.4 Å². The molecule has 0 N–H and O–H groups in total. The molecule has 2 fully saturated rings. The zero-order chi connectivity index (χ0) is 23.7. The van der Waals surface area contributed by atoms with Gasteiger partial charge in [-0.25, -0.2) is 0 Å². The molecule has 1 aliphatic carbocycles. The summed E-state index contributed by atoms with van der Waals surface area (Å²) in [5.74, 6) is 1.54. The molecule has 2 aliphatic rings. The second-order valence-corrected chi connectivity index (χ2v) is 9.98. The normalized spacial score (nSPS) is 20.9. The van der Waals surface area contributed by atoms with E-state index in [-0.39, 0.29) is 5.91 Å². The summed E-state index contributed by atoms with van der Waals surface area (Å²) in [4.78, 5) is 15.5. The summed E-state index contributed by atoms with van der Waals surface area (Å²) in [5, 5.41) is 1.69. The van der Waals surface area contributed by atoms with E-state index in [2.05, 4.69) is 11.0 Å². The highest BCUT2D eigenvalue weighted by Crippen LogP contribution is 2.39. The molecule has 2 unspecified atom stereocenters. The molecule has 5 rings (SSSR count). The van der Waals surface area contributed by atoms with Crippen LogP contribution in [-0.2, 0) is 4.79 Å². The molecule has 3 aromatic rings. The van der Waals surface area contributed by atoms with Crippen LogP contribution in [0.15, 0.2) is 53.2 Å². The van der Waals surface area contributed by atoms with Crippen LogP contribution in [0.1, 0.15) is 57.9 Å². The number of benzene rings is 2. The molecule has 1 aliphatic heterocycles. The van der Waals surface area contributed by atoms with Crippen molar-refractivity contribution in [1.29, 1.82) is 0 Å². The molecule has 4 nitrogen and oxygen atoms in total. The Morgan fingerprint density at radius 3 is 2.71 bits per heavy atom. The van der Waals surface area contributed by atoms with Crippen molar-refractivity contribution in [3.8, 4) is 16.9 Å². The third-order valence-corrected chi connectivity index (χ3v) is 7.67. The second kappa shape index (κ2) is 9.87. The lowest BCUT2D eigenvalue weighted by molar-refractivity contribution is -0.132. The summed E-state index contributed by atoms with van der Waals surface area (Å²) in [6.45, 7) is 5.38. The minimum atomic E-state index is 0.127. The monoisotopic (exact) mass is 477 g/mol. The van der Waals surface area contributed by atoms with Gasteiger partial charge in [0.1, 0.15) is 11.3 Å². The maximum absolute atomic E-state index is 13.4. The summed E-state index contributed by atoms with van der Waals surface area (Å²) in [7, 11) is 0. The largest absolute Gasteiger partial charge is 0.493 e. The van der Waals surface area contributed by atoms with Gasteiger partial charge in [0.15, 0.2) is 0 Å². The van der Waals surface area contributed by atoms with Crippen LogP contribution in [0.4, 0.5) is 0 Å². The highest BCUT2D eigenvalue weighted by atomic mass is 35.5. The zero-order valence-corrected chi connectivity index (χ0v) is 20.7. The van der Waals surface area contributed by atoms with E-state index in [1.807, 2.05) is 50.3 Å². The number of ether oxygens (including phenoxy) is 1. The summed E-state index contributed by atoms with van der Waals surface area (Å²) in [5.41, 5.74) is 4.63. The Balaban J connectivity index is 1.51. The van der Waals surface area contributed by atoms with Crippen LogP contribution in [0.2, 0.25) is 5.02 Å². The fourth-order valence-corrected chi connectivity index (χ4v) is 5.86. The predicted molar refractivity (Wildman–Crippen MR) is 138 cm³/mol. The summed E-state index contributed by atoms with van der Waals surface area (Å²) < 4.78 is 11.8. The van der Waals surface area contributed by atoms with E-state index in [4.69, 9.17) is 20.8 Å². The highest BCUT2D eigenvalue weighted by molar-refractivity contribution is 6.30. The van der Waals surface area contributed by atoms with Gasteiger partial charge >= 0.3 is 0 Å². The Bertz CT molecular complexity index is 1210. The predicted octanol–water partition coefficient (Wildman–Crippen LogP) is 7.74. The number of fused-ring (bicyclic) bond motifs is 2. The van der Waals surface area contributed by atoms with Crippen LogP contribution in [0.5, 0.6) is 5.75 Å². The molecule has 178 valence electrons. The van der Waals surface area contributed by atoms with Gasteiger partial charge in [-0.2, -0.15) is 0 Å². The van der Waals surface area contributed by atoms with Crippen molar-refractivity contribution in [1.82, 2.24) is 4.90 Å². The summed E-state index contributed by atoms with van der Waals surface area (Å²) >= 11 is 6.09. The lowest BCUT2D eigenvalue weighted by Gasteiger charge is -2.43. The minimum Gasteiger partial charge on any atom is -0.493 e. The van der Waals surface area contributed by atoms with E-state index in [9.17, 15) is 4.79 Å². The molecule has 1 amide bonds. The third-order valence-electron chi connectivity index (χ3n) is 7.42. The van der Waals surface area contributed by atoms with Gasteiger partial charge in [0.25, 0.3) is 0 Å². The smallest absolute Gasteiger partial charge is 0.247 e. The molecule has 1 saturated carbocycles. The van der Waals surface area contributed by atoms with E-state index in [1.54, 1.807) is 6.26 Å². The molecule has 2 aromatic carbocycles. The third kappa shape index (κ3) is 4.48. The molecule has 1 saturated heterocycles. The summed E-state index contributed by atoms with van der Waals surface area (Å²) in [6.07, 6.45) is 10.9. The quantitative estimate of drug-likeness (QED) is 0.353. The number of carbonyl (C=O) groups excluding carboxylic acids is 1. The first-order chi connectivity index (χ1) is 16.5. The zero-order valence-electron chi connectivity index (χ0n) is 20.0. The van der Waals surface area contributed by atoms with Gasteiger partial charge in [-0.1, -0.05) is 36.6 Å². The van der Waals surface area contributed by atoms with Gasteiger partial charge < -0.3 is 14.1 Å². The fraction of sp³-hybridized carbons (Fsp3) is 0.414. The number of piperidine rings is 1. The van der Waals surface area contributed by atoms with Crippen LogP contribution in [-0.4, -0.2) is 30.0 Å². The molecular formula is C29H32ClNO3.